The van der Waals surface area contributed by atoms with E-state index < -0.39 is 0 Å². The van der Waals surface area contributed by atoms with Crippen LogP contribution in [0.4, 0.5) is 8.78 Å². The van der Waals surface area contributed by atoms with Gasteiger partial charge in [-0.15, -0.1) is 0 Å². The molecule has 0 N–H and O–H groups in total. The number of benzene rings is 2. The smallest absolute Gasteiger partial charge is 0.227 e. The average Bonchev–Trinajstić information content (AvgIpc) is 2.81. The lowest BCUT2D eigenvalue weighted by molar-refractivity contribution is -0.134. The lowest BCUT2D eigenvalue weighted by Gasteiger charge is -2.42. The number of rotatable bonds is 6. The molecule has 2 saturated heterocycles. The number of amides is 1. The van der Waals surface area contributed by atoms with Gasteiger partial charge in [0.1, 0.15) is 11.6 Å². The number of likely N-dealkylation sites (tertiary alicyclic amines) is 1. The number of halogens is 2. The first-order chi connectivity index (χ1) is 15.1. The van der Waals surface area contributed by atoms with E-state index in [0.717, 1.165) is 63.1 Å². The van der Waals surface area contributed by atoms with Crippen LogP contribution in [0.1, 0.15) is 36.8 Å². The second kappa shape index (κ2) is 10.3. The summed E-state index contributed by atoms with van der Waals surface area (Å²) in [6.07, 6.45) is 4.24. The Hall–Kier alpha value is -2.31. The molecule has 2 fully saturated rings. The van der Waals surface area contributed by atoms with Crippen molar-refractivity contribution in [1.29, 1.82) is 0 Å². The van der Waals surface area contributed by atoms with Gasteiger partial charge in [0.05, 0.1) is 6.42 Å². The van der Waals surface area contributed by atoms with Gasteiger partial charge in [-0.3, -0.25) is 4.79 Å². The maximum atomic E-state index is 13.4. The molecule has 31 heavy (non-hydrogen) atoms. The quantitative estimate of drug-likeness (QED) is 0.692. The highest BCUT2D eigenvalue weighted by molar-refractivity contribution is 5.79. The van der Waals surface area contributed by atoms with Crippen LogP contribution in [0.5, 0.6) is 0 Å². The minimum Gasteiger partial charge on any atom is -0.381 e. The Bertz CT molecular complexity index is 843. The zero-order valence-corrected chi connectivity index (χ0v) is 17.8. The van der Waals surface area contributed by atoms with Crippen LogP contribution in [-0.4, -0.2) is 54.1 Å². The van der Waals surface area contributed by atoms with Crippen LogP contribution in [0.25, 0.3) is 0 Å². The number of nitrogens with zero attached hydrogens (tertiary/aromatic N) is 2. The van der Waals surface area contributed by atoms with Gasteiger partial charge >= 0.3 is 0 Å². The Kier molecular flexibility index (Phi) is 7.30. The van der Waals surface area contributed by atoms with E-state index in [1.165, 1.54) is 24.3 Å². The minimum absolute atomic E-state index is 0.0282. The summed E-state index contributed by atoms with van der Waals surface area (Å²) in [6, 6.07) is 13.2. The van der Waals surface area contributed by atoms with Gasteiger partial charge in [-0.25, -0.2) is 8.78 Å². The van der Waals surface area contributed by atoms with Gasteiger partial charge in [-0.1, -0.05) is 24.3 Å². The molecule has 2 aromatic rings. The molecular formula is C25H30F2N2O2. The topological polar surface area (TPSA) is 32.8 Å². The minimum atomic E-state index is -0.306. The molecule has 6 heteroatoms. The lowest BCUT2D eigenvalue weighted by atomic mass is 9.97. The van der Waals surface area contributed by atoms with Crippen molar-refractivity contribution in [3.8, 4) is 0 Å². The molecule has 0 radical (unpaired) electrons. The van der Waals surface area contributed by atoms with Crippen LogP contribution in [0.15, 0.2) is 48.5 Å². The van der Waals surface area contributed by atoms with Crippen molar-refractivity contribution in [2.45, 2.75) is 50.7 Å². The van der Waals surface area contributed by atoms with Crippen molar-refractivity contribution < 1.29 is 18.3 Å². The standard InChI is InChI=1S/C25H30F2N2O2/c26-21-5-1-19(2-6-21)17-25(30)29(18-20-3-7-22(27)8-4-20)24-9-13-28(14-10-24)23-11-15-31-16-12-23/h1-8,23-24H,9-18H2. The summed E-state index contributed by atoms with van der Waals surface area (Å²) in [5.41, 5.74) is 1.72. The van der Waals surface area contributed by atoms with Crippen LogP contribution < -0.4 is 0 Å². The molecule has 4 rings (SSSR count). The molecule has 0 aliphatic carbocycles. The van der Waals surface area contributed by atoms with Gasteiger partial charge in [0.25, 0.3) is 0 Å². The van der Waals surface area contributed by atoms with Gasteiger partial charge in [0.15, 0.2) is 0 Å². The molecule has 0 bridgehead atoms. The van der Waals surface area contributed by atoms with Gasteiger partial charge in [0.2, 0.25) is 5.91 Å². The van der Waals surface area contributed by atoms with Crippen molar-refractivity contribution in [2.75, 3.05) is 26.3 Å². The Morgan fingerprint density at radius 1 is 0.871 bits per heavy atom. The summed E-state index contributed by atoms with van der Waals surface area (Å²) in [7, 11) is 0. The summed E-state index contributed by atoms with van der Waals surface area (Å²) in [5, 5.41) is 0. The molecular weight excluding hydrogens is 398 g/mol. The van der Waals surface area contributed by atoms with Crippen LogP contribution in [-0.2, 0) is 22.5 Å². The molecule has 1 amide bonds. The zero-order chi connectivity index (χ0) is 21.6. The maximum absolute atomic E-state index is 13.4. The van der Waals surface area contributed by atoms with Crippen LogP contribution in [0.3, 0.4) is 0 Å². The number of piperidine rings is 1. The predicted octanol–water partition coefficient (Wildman–Crippen LogP) is 4.18. The molecule has 2 aromatic carbocycles. The molecule has 0 unspecified atom stereocenters. The highest BCUT2D eigenvalue weighted by atomic mass is 19.1. The number of carbonyl (C=O) groups is 1. The second-order valence-electron chi connectivity index (χ2n) is 8.56. The van der Waals surface area contributed by atoms with Crippen LogP contribution >= 0.6 is 0 Å². The van der Waals surface area contributed by atoms with Crippen molar-refractivity contribution in [1.82, 2.24) is 9.80 Å². The van der Waals surface area contributed by atoms with Crippen molar-refractivity contribution >= 4 is 5.91 Å². The van der Waals surface area contributed by atoms with Gasteiger partial charge in [0, 0.05) is 44.9 Å². The largest absolute Gasteiger partial charge is 0.381 e. The fourth-order valence-corrected chi connectivity index (χ4v) is 4.70. The molecule has 2 aliphatic heterocycles. The predicted molar refractivity (Wildman–Crippen MR) is 115 cm³/mol. The first-order valence-electron chi connectivity index (χ1n) is 11.2. The fraction of sp³-hybridized carbons (Fsp3) is 0.480. The van der Waals surface area contributed by atoms with Crippen LogP contribution in [0.2, 0.25) is 0 Å². The second-order valence-corrected chi connectivity index (χ2v) is 8.56. The molecule has 2 aliphatic rings. The Labute approximate surface area is 182 Å². The van der Waals surface area contributed by atoms with Crippen molar-refractivity contribution in [2.24, 2.45) is 0 Å². The maximum Gasteiger partial charge on any atom is 0.227 e. The van der Waals surface area contributed by atoms with E-state index in [-0.39, 0.29) is 30.0 Å². The molecule has 0 aromatic heterocycles. The summed E-state index contributed by atoms with van der Waals surface area (Å²) < 4.78 is 32.1. The SMILES string of the molecule is O=C(Cc1ccc(F)cc1)N(Cc1ccc(F)cc1)C1CCN(C2CCOCC2)CC1. The summed E-state index contributed by atoms with van der Waals surface area (Å²) >= 11 is 0. The zero-order valence-electron chi connectivity index (χ0n) is 17.8. The summed E-state index contributed by atoms with van der Waals surface area (Å²) in [6.45, 7) is 4.06. The monoisotopic (exact) mass is 428 g/mol. The van der Waals surface area contributed by atoms with Crippen LogP contribution in [0, 0.1) is 11.6 Å². The van der Waals surface area contributed by atoms with E-state index in [4.69, 9.17) is 4.74 Å². The molecule has 166 valence electrons. The Balaban J connectivity index is 1.44. The van der Waals surface area contributed by atoms with E-state index in [1.54, 1.807) is 24.3 Å². The number of carbonyl (C=O) groups excluding carboxylic acids is 1. The number of hydrogen-bond donors (Lipinski definition) is 0. The first-order valence-corrected chi connectivity index (χ1v) is 11.2. The van der Waals surface area contributed by atoms with E-state index in [9.17, 15) is 13.6 Å². The van der Waals surface area contributed by atoms with E-state index in [1.807, 2.05) is 4.90 Å². The normalized spacial score (nSPS) is 18.8. The third-order valence-corrected chi connectivity index (χ3v) is 6.50. The third-order valence-electron chi connectivity index (χ3n) is 6.50. The fourth-order valence-electron chi connectivity index (χ4n) is 4.70. The first kappa shape index (κ1) is 21.9. The van der Waals surface area contributed by atoms with Gasteiger partial charge in [-0.2, -0.15) is 0 Å². The molecule has 4 nitrogen and oxygen atoms in total. The molecule has 0 saturated carbocycles. The highest BCUT2D eigenvalue weighted by Crippen LogP contribution is 2.25. The van der Waals surface area contributed by atoms with E-state index in [0.29, 0.717) is 12.6 Å². The van der Waals surface area contributed by atoms with E-state index >= 15 is 0 Å². The number of ether oxygens (including phenoxy) is 1. The van der Waals surface area contributed by atoms with Crippen molar-refractivity contribution in [3.63, 3.8) is 0 Å². The summed E-state index contributed by atoms with van der Waals surface area (Å²) in [5.74, 6) is -0.557. The van der Waals surface area contributed by atoms with Gasteiger partial charge in [-0.05, 0) is 61.1 Å². The Morgan fingerprint density at radius 3 is 2.00 bits per heavy atom. The third kappa shape index (κ3) is 5.89. The lowest BCUT2D eigenvalue weighted by Crippen LogP contribution is -2.50. The van der Waals surface area contributed by atoms with Gasteiger partial charge < -0.3 is 14.5 Å². The molecule has 0 atom stereocenters. The molecule has 2 heterocycles. The van der Waals surface area contributed by atoms with Crippen molar-refractivity contribution in [3.05, 3.63) is 71.3 Å². The summed E-state index contributed by atoms with van der Waals surface area (Å²) in [4.78, 5) is 17.8. The average molecular weight is 429 g/mol. The highest BCUT2D eigenvalue weighted by Gasteiger charge is 2.31. The molecule has 0 spiro atoms. The Morgan fingerprint density at radius 2 is 1.42 bits per heavy atom. The van der Waals surface area contributed by atoms with E-state index in [2.05, 4.69) is 4.90 Å². The number of hydrogen-bond acceptors (Lipinski definition) is 3.